The van der Waals surface area contributed by atoms with Crippen molar-refractivity contribution in [2.24, 2.45) is 16.7 Å². The first-order valence-electron chi connectivity index (χ1n) is 37.9. The first kappa shape index (κ1) is 79.4. The molecule has 4 aliphatic carbocycles. The molecule has 0 spiro atoms. The molecule has 2 saturated heterocycles. The van der Waals surface area contributed by atoms with Crippen molar-refractivity contribution in [3.05, 3.63) is 131 Å². The van der Waals surface area contributed by atoms with Crippen LogP contribution < -0.4 is 25.6 Å². The number of para-hydroxylation sites is 1. The quantitative estimate of drug-likeness (QED) is 0.00799. The highest BCUT2D eigenvalue weighted by Gasteiger charge is 2.63. The molecule has 4 saturated carbocycles. The number of carboxylic acids is 2. The summed E-state index contributed by atoms with van der Waals surface area (Å²) in [4.78, 5) is 112. The largest absolute Gasteiger partial charge is 0.479 e. The maximum Gasteiger partial charge on any atom is 0.410 e. The fourth-order valence-corrected chi connectivity index (χ4v) is 19.5. The van der Waals surface area contributed by atoms with Crippen LogP contribution in [0.3, 0.4) is 0 Å². The molecular weight excluding hydrogens is 1460 g/mol. The lowest BCUT2D eigenvalue weighted by molar-refractivity contribution is -0.271. The summed E-state index contributed by atoms with van der Waals surface area (Å²) in [6, 6.07) is 22.8. The van der Waals surface area contributed by atoms with Crippen LogP contribution in [0.2, 0.25) is 0 Å². The number of nitrogens with one attached hydrogen (secondary N) is 3. The number of carboxylic acid groups (broad SMARTS) is 2. The number of likely N-dealkylation sites (tertiary alicyclic amines) is 1. The number of unbranched alkanes of at least 4 members (excludes halogenated alkanes) is 2. The Hall–Kier alpha value is -8.72. The summed E-state index contributed by atoms with van der Waals surface area (Å²) in [5, 5.41) is 78.1. The number of fused-ring (bicyclic) bond motifs is 2. The molecule has 11 N–H and O–H groups in total. The summed E-state index contributed by atoms with van der Waals surface area (Å²) in [6.07, 6.45) is 5.54. The fourth-order valence-electron chi connectivity index (χ4n) is 18.1. The average molecular weight is 1560 g/mol. The Morgan fingerprint density at radius 2 is 1.67 bits per heavy atom. The van der Waals surface area contributed by atoms with Gasteiger partial charge in [0.1, 0.15) is 42.7 Å². The van der Waals surface area contributed by atoms with E-state index in [9.17, 15) is 73.8 Å². The van der Waals surface area contributed by atoms with Crippen LogP contribution >= 0.6 is 18.9 Å². The Morgan fingerprint density at radius 3 is 2.44 bits per heavy atom. The lowest BCUT2D eigenvalue weighted by Gasteiger charge is -2.65. The Kier molecular flexibility index (Phi) is 24.6. The van der Waals surface area contributed by atoms with E-state index in [-0.39, 0.29) is 96.8 Å². The summed E-state index contributed by atoms with van der Waals surface area (Å²) >= 11 is 1.62. The molecule has 3 aromatic heterocycles. The lowest BCUT2D eigenvalue weighted by atomic mass is 9.43. The second-order valence-electron chi connectivity index (χ2n) is 30.9. The van der Waals surface area contributed by atoms with E-state index in [0.29, 0.717) is 114 Å². The first-order chi connectivity index (χ1) is 52.7. The zero-order chi connectivity index (χ0) is 77.7. The van der Waals surface area contributed by atoms with Crippen LogP contribution in [-0.2, 0) is 64.0 Å². The molecule has 5 unspecified atom stereocenters. The number of pyridine rings is 1. The molecule has 4 bridgehead atoms. The number of aromatic nitrogens is 4. The van der Waals surface area contributed by atoms with Gasteiger partial charge in [-0.05, 0) is 172 Å². The summed E-state index contributed by atoms with van der Waals surface area (Å²) < 4.78 is 39.4. The van der Waals surface area contributed by atoms with Crippen molar-refractivity contribution >= 4 is 87.6 Å². The number of aliphatic carboxylic acids is 1. The number of rotatable bonds is 34. The van der Waals surface area contributed by atoms with Crippen molar-refractivity contribution in [2.75, 3.05) is 80.7 Å². The Labute approximate surface area is 640 Å². The van der Waals surface area contributed by atoms with E-state index in [1.807, 2.05) is 37.3 Å². The number of carbonyl (C=O) groups is 6. The van der Waals surface area contributed by atoms with Crippen LogP contribution in [0.15, 0.2) is 97.2 Å². The normalized spacial score (nSPS) is 24.9. The van der Waals surface area contributed by atoms with Gasteiger partial charge < -0.3 is 85.1 Å². The van der Waals surface area contributed by atoms with Gasteiger partial charge in [-0.25, -0.2) is 24.4 Å². The number of thiazole rings is 1. The second-order valence-corrected chi connectivity index (χ2v) is 33.8. The zero-order valence-electron chi connectivity index (χ0n) is 61.7. The van der Waals surface area contributed by atoms with Crippen LogP contribution in [0.5, 0.6) is 5.75 Å². The number of imide groups is 1. The van der Waals surface area contributed by atoms with Gasteiger partial charge in [-0.2, -0.15) is 5.10 Å². The van der Waals surface area contributed by atoms with E-state index in [1.54, 1.807) is 46.7 Å². The van der Waals surface area contributed by atoms with Gasteiger partial charge in [0, 0.05) is 107 Å². The maximum absolute atomic E-state index is 13.6. The van der Waals surface area contributed by atoms with Crippen LogP contribution in [0.25, 0.3) is 27.4 Å². The van der Waals surface area contributed by atoms with Gasteiger partial charge in [0.05, 0.1) is 40.5 Å². The number of hydrogen-bond donors (Lipinski definition) is 11. The number of carbonyl (C=O) groups excluding carboxylic acids is 4. The van der Waals surface area contributed by atoms with Crippen LogP contribution in [0.4, 0.5) is 21.4 Å². The van der Waals surface area contributed by atoms with Crippen molar-refractivity contribution in [3.8, 4) is 16.9 Å². The predicted molar refractivity (Wildman–Crippen MR) is 407 cm³/mol. The van der Waals surface area contributed by atoms with Crippen molar-refractivity contribution in [3.63, 3.8) is 0 Å². The molecule has 30 nitrogen and oxygen atoms in total. The van der Waals surface area contributed by atoms with Crippen LogP contribution in [0.1, 0.15) is 135 Å². The monoisotopic (exact) mass is 1560 g/mol. The van der Waals surface area contributed by atoms with Gasteiger partial charge in [-0.1, -0.05) is 67.2 Å². The minimum Gasteiger partial charge on any atom is -0.479 e. The van der Waals surface area contributed by atoms with E-state index < -0.39 is 68.2 Å². The van der Waals surface area contributed by atoms with Crippen molar-refractivity contribution in [2.45, 2.75) is 178 Å². The molecule has 14 rings (SSSR count). The molecule has 8 aliphatic rings. The molecule has 0 radical (unpaired) electrons. The summed E-state index contributed by atoms with van der Waals surface area (Å²) in [5.74, 6) is -2.77. The first-order valence-corrected chi connectivity index (χ1v) is 40.5. The number of aliphatic hydroxyl groups excluding tert-OH is 4. The third-order valence-electron chi connectivity index (χ3n) is 22.6. The number of ether oxygens (including phenoxy) is 4. The van der Waals surface area contributed by atoms with Crippen molar-refractivity contribution < 1.29 is 92.7 Å². The standard InChI is InChI=1S/C78H98N11O19PS/c1-48-55(54-18-20-61(84-66(54)71(97)98)87-30-24-51-12-8-13-52(56(51)43-87)41-80-74-83-57-14-5-6-15-60(57)110-74)42-81-89(48)47-77-39-50-38-76(2,44-77)45-78(40-50,46-77)106-35-33-85(28-10-36-109(102,103)104)53-25-31-86(32-26-53)75(101)105-34-9-11-49-17-19-59(107-73-69(96)67(94)68(95)70(108-73)72(99)100)58(37-49)82-63(91)23-27-79-62(90)16-4-3-7-29-88-64(92)21-22-65(88)93/h5-6,8-9,11-15,17-22,37,42,50,53,63,67-70,73,82,91,94-96H,3-4,7,10,16,23-36,38-41,43-47H2,1-2H3,(H,79,90)(H,80,83)(H,97,98)(H,99,100)(H2,102,103,104)/b11-9+/t50?,63?,67-,68-,69+,70-,73+,76?,77?,78?/m0/s1. The number of hydrogen-bond acceptors (Lipinski definition) is 23. The zero-order valence-corrected chi connectivity index (χ0v) is 63.4. The summed E-state index contributed by atoms with van der Waals surface area (Å²) in [5.41, 5.74) is 6.75. The highest BCUT2D eigenvalue weighted by atomic mass is 32.1. The minimum atomic E-state index is -4.29. The average Bonchev–Trinajstić information content (AvgIpc) is 0.817. The van der Waals surface area contributed by atoms with Gasteiger partial charge in [0.25, 0.3) is 11.8 Å². The fraction of sp³-hybridized carbons (Fsp3) is 0.526. The molecule has 10 atom stereocenters. The third kappa shape index (κ3) is 18.9. The van der Waals surface area contributed by atoms with Crippen molar-refractivity contribution in [1.82, 2.24) is 39.8 Å². The molecule has 32 heteroatoms. The van der Waals surface area contributed by atoms with E-state index >= 15 is 0 Å². The van der Waals surface area contributed by atoms with Gasteiger partial charge >= 0.3 is 25.6 Å². The number of aliphatic hydroxyl groups is 4. The van der Waals surface area contributed by atoms with Crippen LogP contribution in [-0.4, -0.2) is 224 Å². The number of aromatic carboxylic acids is 1. The second kappa shape index (κ2) is 34.1. The third-order valence-corrected chi connectivity index (χ3v) is 24.5. The Bertz CT molecular complexity index is 4440. The number of amides is 4. The number of piperidine rings is 1. The smallest absolute Gasteiger partial charge is 0.410 e. The van der Waals surface area contributed by atoms with E-state index in [1.165, 1.54) is 29.3 Å². The molecule has 590 valence electrons. The molecule has 7 heterocycles. The lowest BCUT2D eigenvalue weighted by Crippen LogP contribution is -2.61. The van der Waals surface area contributed by atoms with Gasteiger partial charge in [0.2, 0.25) is 12.2 Å². The molecule has 4 amide bonds. The summed E-state index contributed by atoms with van der Waals surface area (Å²) in [6.45, 7) is 9.10. The molecular formula is C78H98N11O19PS. The molecule has 6 fully saturated rings. The Morgan fingerprint density at radius 1 is 0.873 bits per heavy atom. The van der Waals surface area contributed by atoms with Crippen molar-refractivity contribution in [1.29, 1.82) is 0 Å². The molecule has 6 aromatic rings. The topological polar surface area (TPSA) is 411 Å². The highest BCUT2D eigenvalue weighted by molar-refractivity contribution is 7.51. The maximum atomic E-state index is 13.6. The number of anilines is 3. The van der Waals surface area contributed by atoms with Gasteiger partial charge in [-0.15, -0.1) is 0 Å². The van der Waals surface area contributed by atoms with Gasteiger partial charge in [-0.3, -0.25) is 33.4 Å². The highest BCUT2D eigenvalue weighted by Crippen LogP contribution is 2.68. The van der Waals surface area contributed by atoms with E-state index in [2.05, 4.69) is 61.6 Å². The van der Waals surface area contributed by atoms with E-state index in [0.717, 1.165) is 82.0 Å². The Balaban J connectivity index is 0.602. The van der Waals surface area contributed by atoms with Crippen LogP contribution in [0, 0.1) is 23.7 Å². The molecule has 110 heavy (non-hydrogen) atoms. The van der Waals surface area contributed by atoms with E-state index in [4.69, 9.17) is 34.0 Å². The number of benzene rings is 3. The SMILES string of the molecule is Cc1c(-c2ccc(N3CCc4cccc(CNc5nc6ccccc6s5)c4C3)nc2C(=O)O)cnn1CC12CC3CC(C)(C1)CC(OCCN(CCCP(=O)(O)O)C1CCN(C(=O)OC/C=C/c4ccc(O[C@@H]5O[C@H](C(=O)O)[C@@H](O)[C@H](O)[C@H]5O)c(NC(O)CCNC(=O)CCCCCN5C(=O)C=CC5=O)c4)CC1)(C3)C2. The molecule has 3 aromatic carbocycles. The van der Waals surface area contributed by atoms with Gasteiger partial charge in [0.15, 0.2) is 16.9 Å². The summed E-state index contributed by atoms with van der Waals surface area (Å²) in [7, 11) is -4.29. The predicted octanol–water partition coefficient (Wildman–Crippen LogP) is 7.66. The molecule has 4 aliphatic heterocycles. The minimum absolute atomic E-state index is 0.00882. The number of nitrogens with zero attached hydrogens (tertiary/aromatic N) is 8.